The van der Waals surface area contributed by atoms with Gasteiger partial charge in [0.15, 0.2) is 0 Å². The van der Waals surface area contributed by atoms with Gasteiger partial charge in [-0.05, 0) is 32.3 Å². The van der Waals surface area contributed by atoms with Crippen molar-refractivity contribution in [3.05, 3.63) is 18.0 Å². The molecule has 104 valence electrons. The quantitative estimate of drug-likeness (QED) is 0.758. The standard InChI is InChI=1S/C16H25N3/c1-3-14(2)19-11-8-15(18-19)12-16(13-17)9-6-4-5-7-10-16/h8,11,14H,3-7,9-10,12H2,1-2H3. The van der Waals surface area contributed by atoms with Crippen LogP contribution in [0, 0.1) is 16.7 Å². The van der Waals surface area contributed by atoms with Crippen LogP contribution in [0.1, 0.15) is 70.5 Å². The lowest BCUT2D eigenvalue weighted by Crippen LogP contribution is -2.21. The second-order valence-corrected chi connectivity index (χ2v) is 6.03. The fourth-order valence-corrected chi connectivity index (χ4v) is 2.98. The minimum absolute atomic E-state index is 0.162. The smallest absolute Gasteiger partial charge is 0.0693 e. The van der Waals surface area contributed by atoms with Gasteiger partial charge in [-0.25, -0.2) is 0 Å². The van der Waals surface area contributed by atoms with Gasteiger partial charge in [0, 0.05) is 18.7 Å². The summed E-state index contributed by atoms with van der Waals surface area (Å²) < 4.78 is 2.04. The molecule has 0 spiro atoms. The number of aromatic nitrogens is 2. The summed E-state index contributed by atoms with van der Waals surface area (Å²) >= 11 is 0. The average molecular weight is 259 g/mol. The molecule has 1 aliphatic rings. The monoisotopic (exact) mass is 259 g/mol. The van der Waals surface area contributed by atoms with E-state index in [9.17, 15) is 5.26 Å². The fraction of sp³-hybridized carbons (Fsp3) is 0.750. The Balaban J connectivity index is 2.09. The number of rotatable bonds is 4. The van der Waals surface area contributed by atoms with Crippen LogP contribution < -0.4 is 0 Å². The van der Waals surface area contributed by atoms with Gasteiger partial charge < -0.3 is 0 Å². The van der Waals surface area contributed by atoms with Crippen LogP contribution in [0.2, 0.25) is 0 Å². The first-order valence-corrected chi connectivity index (χ1v) is 7.64. The van der Waals surface area contributed by atoms with Gasteiger partial charge >= 0.3 is 0 Å². The van der Waals surface area contributed by atoms with E-state index in [0.29, 0.717) is 6.04 Å². The van der Waals surface area contributed by atoms with Crippen LogP contribution in [-0.4, -0.2) is 9.78 Å². The SMILES string of the molecule is CCC(C)n1ccc(CC2(C#N)CCCCCC2)n1. The first-order valence-electron chi connectivity index (χ1n) is 7.64. The molecule has 0 N–H and O–H groups in total. The number of hydrogen-bond acceptors (Lipinski definition) is 2. The maximum Gasteiger partial charge on any atom is 0.0693 e. The Kier molecular flexibility index (Phi) is 4.63. The molecule has 0 amide bonds. The molecule has 1 aromatic heterocycles. The van der Waals surface area contributed by atoms with Crippen molar-refractivity contribution in [1.29, 1.82) is 5.26 Å². The van der Waals surface area contributed by atoms with Gasteiger partial charge in [-0.1, -0.05) is 32.6 Å². The Morgan fingerprint density at radius 2 is 2.05 bits per heavy atom. The average Bonchev–Trinajstić information content (AvgIpc) is 2.76. The predicted molar refractivity (Wildman–Crippen MR) is 76.7 cm³/mol. The molecule has 0 bridgehead atoms. The Morgan fingerprint density at radius 3 is 2.63 bits per heavy atom. The zero-order valence-corrected chi connectivity index (χ0v) is 12.2. The van der Waals surface area contributed by atoms with Crippen molar-refractivity contribution in [2.75, 3.05) is 0 Å². The molecule has 0 radical (unpaired) electrons. The van der Waals surface area contributed by atoms with E-state index in [1.54, 1.807) is 0 Å². The molecule has 19 heavy (non-hydrogen) atoms. The van der Waals surface area contributed by atoms with Crippen molar-refractivity contribution < 1.29 is 0 Å². The van der Waals surface area contributed by atoms with E-state index in [2.05, 4.69) is 37.3 Å². The van der Waals surface area contributed by atoms with E-state index >= 15 is 0 Å². The van der Waals surface area contributed by atoms with E-state index in [1.807, 2.05) is 4.68 Å². The number of nitriles is 1. The molecular weight excluding hydrogens is 234 g/mol. The molecular formula is C16H25N3. The van der Waals surface area contributed by atoms with Crippen LogP contribution in [0.3, 0.4) is 0 Å². The minimum atomic E-state index is -0.162. The molecule has 3 heteroatoms. The molecule has 0 aromatic carbocycles. The zero-order valence-electron chi connectivity index (χ0n) is 12.2. The molecule has 1 fully saturated rings. The van der Waals surface area contributed by atoms with E-state index in [0.717, 1.165) is 31.4 Å². The molecule has 1 heterocycles. The molecule has 3 nitrogen and oxygen atoms in total. The second kappa shape index (κ2) is 6.23. The van der Waals surface area contributed by atoms with Gasteiger partial charge in [0.2, 0.25) is 0 Å². The minimum Gasteiger partial charge on any atom is -0.270 e. The zero-order chi connectivity index (χ0) is 13.7. The van der Waals surface area contributed by atoms with E-state index < -0.39 is 0 Å². The van der Waals surface area contributed by atoms with E-state index in [1.165, 1.54) is 25.7 Å². The third kappa shape index (κ3) is 3.37. The summed E-state index contributed by atoms with van der Waals surface area (Å²) in [6, 6.07) is 5.15. The highest BCUT2D eigenvalue weighted by Gasteiger charge is 2.32. The lowest BCUT2D eigenvalue weighted by molar-refractivity contribution is 0.333. The van der Waals surface area contributed by atoms with Crippen molar-refractivity contribution in [1.82, 2.24) is 9.78 Å². The Hall–Kier alpha value is -1.30. The summed E-state index contributed by atoms with van der Waals surface area (Å²) in [5.74, 6) is 0. The van der Waals surface area contributed by atoms with Crippen molar-refractivity contribution >= 4 is 0 Å². The van der Waals surface area contributed by atoms with Gasteiger partial charge in [-0.15, -0.1) is 0 Å². The fourth-order valence-electron chi connectivity index (χ4n) is 2.98. The predicted octanol–water partition coefficient (Wildman–Crippen LogP) is 4.26. The summed E-state index contributed by atoms with van der Waals surface area (Å²) in [5.41, 5.74) is 0.925. The molecule has 1 atom stereocenters. The summed E-state index contributed by atoms with van der Waals surface area (Å²) in [7, 11) is 0. The third-order valence-electron chi connectivity index (χ3n) is 4.52. The molecule has 1 saturated carbocycles. The van der Waals surface area contributed by atoms with Crippen LogP contribution in [0.5, 0.6) is 0 Å². The van der Waals surface area contributed by atoms with Gasteiger partial charge in [-0.2, -0.15) is 10.4 Å². The number of hydrogen-bond donors (Lipinski definition) is 0. The Labute approximate surface area is 116 Å². The summed E-state index contributed by atoms with van der Waals surface area (Å²) in [5, 5.41) is 14.3. The summed E-state index contributed by atoms with van der Waals surface area (Å²) in [6.45, 7) is 4.36. The van der Waals surface area contributed by atoms with E-state index in [4.69, 9.17) is 0 Å². The normalized spacial score (nSPS) is 20.5. The molecule has 0 saturated heterocycles. The Bertz CT molecular complexity index is 433. The maximum atomic E-state index is 9.61. The second-order valence-electron chi connectivity index (χ2n) is 6.03. The summed E-state index contributed by atoms with van der Waals surface area (Å²) in [6.07, 6.45) is 11.0. The van der Waals surface area contributed by atoms with Crippen LogP contribution in [-0.2, 0) is 6.42 Å². The highest BCUT2D eigenvalue weighted by atomic mass is 15.3. The van der Waals surface area contributed by atoms with Gasteiger partial charge in [0.1, 0.15) is 0 Å². The van der Waals surface area contributed by atoms with Gasteiger partial charge in [-0.3, -0.25) is 4.68 Å². The van der Waals surface area contributed by atoms with E-state index in [-0.39, 0.29) is 5.41 Å². The molecule has 1 aliphatic carbocycles. The molecule has 2 rings (SSSR count). The maximum absolute atomic E-state index is 9.61. The first-order chi connectivity index (χ1) is 9.19. The molecule has 1 aromatic rings. The van der Waals surface area contributed by atoms with Crippen molar-refractivity contribution in [2.24, 2.45) is 5.41 Å². The van der Waals surface area contributed by atoms with Crippen LogP contribution in [0.15, 0.2) is 12.3 Å². The number of nitrogens with zero attached hydrogens (tertiary/aromatic N) is 3. The first kappa shape index (κ1) is 14.1. The molecule has 1 unspecified atom stereocenters. The van der Waals surface area contributed by atoms with Crippen LogP contribution in [0.25, 0.3) is 0 Å². The van der Waals surface area contributed by atoms with Gasteiger partial charge in [0.05, 0.1) is 17.2 Å². The third-order valence-corrected chi connectivity index (χ3v) is 4.52. The van der Waals surface area contributed by atoms with Crippen molar-refractivity contribution in [3.63, 3.8) is 0 Å². The highest BCUT2D eigenvalue weighted by Crippen LogP contribution is 2.37. The van der Waals surface area contributed by atoms with Crippen LogP contribution >= 0.6 is 0 Å². The summed E-state index contributed by atoms with van der Waals surface area (Å²) in [4.78, 5) is 0. The largest absolute Gasteiger partial charge is 0.270 e. The Morgan fingerprint density at radius 1 is 1.37 bits per heavy atom. The topological polar surface area (TPSA) is 41.6 Å². The lowest BCUT2D eigenvalue weighted by Gasteiger charge is -2.23. The van der Waals surface area contributed by atoms with Gasteiger partial charge in [0.25, 0.3) is 0 Å². The lowest BCUT2D eigenvalue weighted by atomic mass is 9.78. The van der Waals surface area contributed by atoms with Crippen molar-refractivity contribution in [2.45, 2.75) is 71.3 Å². The molecule has 0 aliphatic heterocycles. The van der Waals surface area contributed by atoms with Crippen LogP contribution in [0.4, 0.5) is 0 Å². The highest BCUT2D eigenvalue weighted by molar-refractivity contribution is 5.10. The van der Waals surface area contributed by atoms with Crippen molar-refractivity contribution in [3.8, 4) is 6.07 Å².